The standard InChI is InChI=1S/C28H36N2O2/c1-17(31)30-25(18-7-5-4-6-8-18)22-16-24-21-10-9-19-15-20(32)11-13-27(19,2)23(21)12-14-28(24,3)26(22)29-30/h4-8,19,21-25H,9-16H2,1-3H3/t19-,21+,22+,23-,24-,25+,27-,28-/m0/s1. The first-order valence-electron chi connectivity index (χ1n) is 12.8. The molecule has 32 heavy (non-hydrogen) atoms. The molecular formula is C28H36N2O2. The number of benzene rings is 1. The molecule has 1 aromatic carbocycles. The molecule has 0 N–H and O–H groups in total. The molecule has 6 rings (SSSR count). The second-order valence-corrected chi connectivity index (χ2v) is 11.9. The smallest absolute Gasteiger partial charge is 0.240 e. The van der Waals surface area contributed by atoms with E-state index in [0.29, 0.717) is 29.0 Å². The average Bonchev–Trinajstić information content (AvgIpc) is 3.30. The zero-order valence-corrected chi connectivity index (χ0v) is 19.7. The molecule has 4 saturated carbocycles. The summed E-state index contributed by atoms with van der Waals surface area (Å²) in [6.07, 6.45) is 8.77. The summed E-state index contributed by atoms with van der Waals surface area (Å²) < 4.78 is 0. The summed E-state index contributed by atoms with van der Waals surface area (Å²) in [5.41, 5.74) is 2.96. The van der Waals surface area contributed by atoms with E-state index in [1.165, 1.54) is 37.0 Å². The van der Waals surface area contributed by atoms with Crippen LogP contribution in [0.1, 0.15) is 83.7 Å². The summed E-state index contributed by atoms with van der Waals surface area (Å²) in [6, 6.07) is 10.6. The molecule has 0 unspecified atom stereocenters. The lowest BCUT2D eigenvalue weighted by atomic mass is 9.45. The van der Waals surface area contributed by atoms with E-state index in [2.05, 4.69) is 38.1 Å². The molecule has 1 amide bonds. The van der Waals surface area contributed by atoms with Crippen molar-refractivity contribution in [2.24, 2.45) is 45.5 Å². The number of carbonyl (C=O) groups excluding carboxylic acids is 2. The van der Waals surface area contributed by atoms with Crippen molar-refractivity contribution >= 4 is 17.4 Å². The third-order valence-electron chi connectivity index (χ3n) is 10.6. The fourth-order valence-corrected chi connectivity index (χ4v) is 9.03. The minimum absolute atomic E-state index is 0.0452. The van der Waals surface area contributed by atoms with Gasteiger partial charge in [-0.25, -0.2) is 5.01 Å². The number of hydrogen-bond acceptors (Lipinski definition) is 3. The highest BCUT2D eigenvalue weighted by atomic mass is 16.2. The quantitative estimate of drug-likeness (QED) is 0.564. The van der Waals surface area contributed by atoms with Crippen LogP contribution in [-0.2, 0) is 9.59 Å². The van der Waals surface area contributed by atoms with Gasteiger partial charge in [0.1, 0.15) is 5.78 Å². The molecule has 4 aliphatic carbocycles. The summed E-state index contributed by atoms with van der Waals surface area (Å²) in [6.45, 7) is 6.63. The van der Waals surface area contributed by atoms with Crippen molar-refractivity contribution < 1.29 is 9.59 Å². The number of rotatable bonds is 1. The largest absolute Gasteiger partial charge is 0.300 e. The van der Waals surface area contributed by atoms with Gasteiger partial charge in [0.15, 0.2) is 0 Å². The molecule has 0 radical (unpaired) electrons. The van der Waals surface area contributed by atoms with Crippen LogP contribution < -0.4 is 0 Å². The monoisotopic (exact) mass is 432 g/mol. The fourth-order valence-electron chi connectivity index (χ4n) is 9.03. The maximum Gasteiger partial charge on any atom is 0.240 e. The van der Waals surface area contributed by atoms with E-state index < -0.39 is 0 Å². The molecule has 1 heterocycles. The van der Waals surface area contributed by atoms with E-state index in [9.17, 15) is 9.59 Å². The van der Waals surface area contributed by atoms with Crippen LogP contribution >= 0.6 is 0 Å². The highest BCUT2D eigenvalue weighted by Crippen LogP contribution is 2.68. The van der Waals surface area contributed by atoms with E-state index in [4.69, 9.17) is 5.10 Å². The van der Waals surface area contributed by atoms with Gasteiger partial charge in [-0.15, -0.1) is 0 Å². The molecule has 4 heteroatoms. The van der Waals surface area contributed by atoms with Crippen molar-refractivity contribution in [3.05, 3.63) is 35.9 Å². The number of hydrazone groups is 1. The Bertz CT molecular complexity index is 986. The highest BCUT2D eigenvalue weighted by Gasteiger charge is 2.64. The molecule has 4 nitrogen and oxygen atoms in total. The van der Waals surface area contributed by atoms with E-state index in [1.54, 1.807) is 11.9 Å². The van der Waals surface area contributed by atoms with Crippen molar-refractivity contribution in [2.45, 2.75) is 78.2 Å². The first-order chi connectivity index (χ1) is 15.3. The molecule has 170 valence electrons. The third kappa shape index (κ3) is 2.70. The Hall–Kier alpha value is -1.97. The Morgan fingerprint density at radius 1 is 1.06 bits per heavy atom. The summed E-state index contributed by atoms with van der Waals surface area (Å²) in [5, 5.41) is 6.85. The number of carbonyl (C=O) groups is 2. The maximum absolute atomic E-state index is 12.6. The van der Waals surface area contributed by atoms with Crippen molar-refractivity contribution in [3.63, 3.8) is 0 Å². The zero-order chi connectivity index (χ0) is 22.3. The van der Waals surface area contributed by atoms with Gasteiger partial charge in [-0.2, -0.15) is 5.10 Å². The lowest BCUT2D eigenvalue weighted by Gasteiger charge is -2.59. The van der Waals surface area contributed by atoms with Gasteiger partial charge in [0, 0.05) is 31.1 Å². The van der Waals surface area contributed by atoms with Crippen molar-refractivity contribution in [2.75, 3.05) is 0 Å². The lowest BCUT2D eigenvalue weighted by Crippen LogP contribution is -2.53. The van der Waals surface area contributed by atoms with Crippen LogP contribution in [0.15, 0.2) is 35.4 Å². The van der Waals surface area contributed by atoms with Crippen molar-refractivity contribution in [3.8, 4) is 0 Å². The van der Waals surface area contributed by atoms with Gasteiger partial charge in [0.05, 0.1) is 11.8 Å². The maximum atomic E-state index is 12.6. The van der Waals surface area contributed by atoms with E-state index in [-0.39, 0.29) is 17.4 Å². The third-order valence-corrected chi connectivity index (χ3v) is 10.6. The van der Waals surface area contributed by atoms with Crippen molar-refractivity contribution in [1.82, 2.24) is 5.01 Å². The molecule has 1 aromatic rings. The number of ketones is 1. The summed E-state index contributed by atoms with van der Waals surface area (Å²) in [4.78, 5) is 24.8. The minimum Gasteiger partial charge on any atom is -0.300 e. The predicted molar refractivity (Wildman–Crippen MR) is 125 cm³/mol. The number of hydrogen-bond donors (Lipinski definition) is 0. The Morgan fingerprint density at radius 2 is 1.84 bits per heavy atom. The van der Waals surface area contributed by atoms with Gasteiger partial charge < -0.3 is 0 Å². The van der Waals surface area contributed by atoms with Gasteiger partial charge in [0.25, 0.3) is 0 Å². The summed E-state index contributed by atoms with van der Waals surface area (Å²) in [7, 11) is 0. The molecule has 0 saturated heterocycles. The highest BCUT2D eigenvalue weighted by molar-refractivity contribution is 5.98. The van der Waals surface area contributed by atoms with E-state index in [1.807, 2.05) is 6.07 Å². The van der Waals surface area contributed by atoms with Gasteiger partial charge >= 0.3 is 0 Å². The SMILES string of the molecule is CC(=O)N1N=C2[C@H](C[C@H]3[C@@H]4CC[C@H]5CC(=O)CC[C@]5(C)[C@H]4CC[C@]23C)[C@H]1c1ccccc1. The van der Waals surface area contributed by atoms with Crippen LogP contribution in [0.5, 0.6) is 0 Å². The molecule has 0 spiro atoms. The fraction of sp³-hybridized carbons (Fsp3) is 0.679. The second-order valence-electron chi connectivity index (χ2n) is 11.9. The normalized spacial score (nSPS) is 44.9. The molecule has 4 fully saturated rings. The number of fused-ring (bicyclic) bond motifs is 7. The van der Waals surface area contributed by atoms with Gasteiger partial charge in [-0.05, 0) is 73.2 Å². The number of Topliss-reactive ketones (excluding diaryl/α,β-unsaturated/α-hetero) is 1. The van der Waals surface area contributed by atoms with Gasteiger partial charge in [-0.1, -0.05) is 44.2 Å². The summed E-state index contributed by atoms with van der Waals surface area (Å²) >= 11 is 0. The molecular weight excluding hydrogens is 396 g/mol. The van der Waals surface area contributed by atoms with Crippen LogP contribution in [0.3, 0.4) is 0 Å². The number of nitrogens with zero attached hydrogens (tertiary/aromatic N) is 2. The van der Waals surface area contributed by atoms with Gasteiger partial charge in [-0.3, -0.25) is 9.59 Å². The molecule has 8 atom stereocenters. The minimum atomic E-state index is 0.0452. The Morgan fingerprint density at radius 3 is 2.59 bits per heavy atom. The summed E-state index contributed by atoms with van der Waals surface area (Å²) in [5.74, 6) is 3.61. The topological polar surface area (TPSA) is 49.7 Å². The Labute approximate surface area is 191 Å². The van der Waals surface area contributed by atoms with E-state index in [0.717, 1.165) is 37.5 Å². The zero-order valence-electron chi connectivity index (χ0n) is 19.7. The van der Waals surface area contributed by atoms with Crippen LogP contribution in [0, 0.1) is 40.4 Å². The second kappa shape index (κ2) is 7.01. The molecule has 0 bridgehead atoms. The van der Waals surface area contributed by atoms with Crippen LogP contribution in [0.4, 0.5) is 0 Å². The first-order valence-corrected chi connectivity index (χ1v) is 12.8. The Balaban J connectivity index is 1.36. The van der Waals surface area contributed by atoms with Crippen LogP contribution in [-0.4, -0.2) is 22.4 Å². The van der Waals surface area contributed by atoms with Gasteiger partial charge in [0.2, 0.25) is 5.91 Å². The molecule has 5 aliphatic rings. The number of amides is 1. The lowest BCUT2D eigenvalue weighted by molar-refractivity contribution is -0.137. The van der Waals surface area contributed by atoms with Crippen LogP contribution in [0.25, 0.3) is 0 Å². The predicted octanol–water partition coefficient (Wildman–Crippen LogP) is 5.78. The van der Waals surface area contributed by atoms with E-state index >= 15 is 0 Å². The molecule has 0 aromatic heterocycles. The average molecular weight is 433 g/mol. The van der Waals surface area contributed by atoms with Crippen LogP contribution in [0.2, 0.25) is 0 Å². The Kier molecular flexibility index (Phi) is 4.52. The van der Waals surface area contributed by atoms with Crippen molar-refractivity contribution in [1.29, 1.82) is 0 Å². The molecule has 1 aliphatic heterocycles. The first kappa shape index (κ1) is 20.6.